The van der Waals surface area contributed by atoms with E-state index in [9.17, 15) is 8.42 Å². The van der Waals surface area contributed by atoms with Gasteiger partial charge in [0, 0.05) is 12.5 Å². The molecule has 3 rings (SSSR count). The molecule has 0 fully saturated rings. The number of hydrogen-bond donors (Lipinski definition) is 1. The fraction of sp³-hybridized carbons (Fsp3) is 0.400. The minimum atomic E-state index is -3.68. The molecule has 0 saturated heterocycles. The van der Waals surface area contributed by atoms with E-state index in [0.29, 0.717) is 30.5 Å². The zero-order chi connectivity index (χ0) is 19.4. The topological polar surface area (TPSA) is 73.9 Å². The molecule has 1 atom stereocenters. The molecule has 27 heavy (non-hydrogen) atoms. The van der Waals surface area contributed by atoms with Crippen LogP contribution < -0.4 is 18.9 Å². The van der Waals surface area contributed by atoms with Gasteiger partial charge in [-0.25, -0.2) is 13.1 Å². The molecule has 2 aromatic carbocycles. The first-order valence-corrected chi connectivity index (χ1v) is 10.4. The highest BCUT2D eigenvalue weighted by molar-refractivity contribution is 7.89. The van der Waals surface area contributed by atoms with Crippen LogP contribution in [0.5, 0.6) is 17.2 Å². The Morgan fingerprint density at radius 1 is 1.00 bits per heavy atom. The highest BCUT2D eigenvalue weighted by Crippen LogP contribution is 2.34. The third kappa shape index (κ3) is 4.54. The van der Waals surface area contributed by atoms with Crippen molar-refractivity contribution < 1.29 is 22.6 Å². The maximum atomic E-state index is 12.9. The van der Waals surface area contributed by atoms with Gasteiger partial charge in [0.05, 0.1) is 25.2 Å². The molecule has 1 aliphatic heterocycles. The predicted molar refractivity (Wildman–Crippen MR) is 103 cm³/mol. The van der Waals surface area contributed by atoms with Gasteiger partial charge in [0.1, 0.15) is 5.75 Å². The van der Waals surface area contributed by atoms with E-state index < -0.39 is 16.1 Å². The minimum absolute atomic E-state index is 0.0442. The van der Waals surface area contributed by atoms with E-state index in [1.807, 2.05) is 32.0 Å². The van der Waals surface area contributed by atoms with Crippen molar-refractivity contribution in [3.63, 3.8) is 0 Å². The lowest BCUT2D eigenvalue weighted by Crippen LogP contribution is -2.31. The number of hydrogen-bond acceptors (Lipinski definition) is 5. The lowest BCUT2D eigenvalue weighted by Gasteiger charge is -2.24. The molecule has 0 amide bonds. The van der Waals surface area contributed by atoms with E-state index in [1.165, 1.54) is 12.1 Å². The molecule has 0 radical (unpaired) electrons. The van der Waals surface area contributed by atoms with Gasteiger partial charge in [-0.2, -0.15) is 0 Å². The van der Waals surface area contributed by atoms with Gasteiger partial charge in [-0.15, -0.1) is 0 Å². The summed E-state index contributed by atoms with van der Waals surface area (Å²) >= 11 is 0. The molecule has 0 bridgehead atoms. The highest BCUT2D eigenvalue weighted by Gasteiger charge is 2.25. The predicted octanol–water partition coefficient (Wildman–Crippen LogP) is 3.53. The van der Waals surface area contributed by atoms with Crippen molar-refractivity contribution in [3.8, 4) is 17.2 Å². The zero-order valence-corrected chi connectivity index (χ0v) is 16.6. The summed E-state index contributed by atoms with van der Waals surface area (Å²) in [6, 6.07) is 11.5. The molecule has 1 unspecified atom stereocenters. The number of methoxy groups -OCH3 is 1. The summed E-state index contributed by atoms with van der Waals surface area (Å²) in [5, 5.41) is 0. The monoisotopic (exact) mass is 391 g/mol. The normalized spacial score (nSPS) is 15.3. The molecule has 6 nitrogen and oxygen atoms in total. The second-order valence-corrected chi connectivity index (χ2v) is 8.49. The molecule has 1 N–H and O–H groups in total. The van der Waals surface area contributed by atoms with Crippen molar-refractivity contribution in [2.24, 2.45) is 5.92 Å². The van der Waals surface area contributed by atoms with Gasteiger partial charge in [-0.1, -0.05) is 19.9 Å². The average Bonchev–Trinajstić information content (AvgIpc) is 2.90. The Morgan fingerprint density at radius 3 is 2.30 bits per heavy atom. The summed E-state index contributed by atoms with van der Waals surface area (Å²) in [5.41, 5.74) is 0.839. The van der Waals surface area contributed by atoms with E-state index in [-0.39, 0.29) is 10.8 Å². The number of nitrogens with one attached hydrogen (secondary N) is 1. The van der Waals surface area contributed by atoms with Crippen molar-refractivity contribution in [3.05, 3.63) is 48.0 Å². The standard InChI is InChI=1S/C20H25NO5S/c1-14(2)20(15-5-10-18-19(13-15)26-12-4-11-25-18)21-27(22,23)17-8-6-16(24-3)7-9-17/h5-10,13-14,20-21H,4,11-12H2,1-3H3. The van der Waals surface area contributed by atoms with Gasteiger partial charge in [0.25, 0.3) is 0 Å². The Hall–Kier alpha value is -2.25. The first-order valence-electron chi connectivity index (χ1n) is 8.96. The Kier molecular flexibility index (Phi) is 5.92. The summed E-state index contributed by atoms with van der Waals surface area (Å²) in [6.45, 7) is 5.15. The smallest absolute Gasteiger partial charge is 0.241 e. The molecule has 1 heterocycles. The van der Waals surface area contributed by atoms with Gasteiger partial charge in [0.2, 0.25) is 10.0 Å². The minimum Gasteiger partial charge on any atom is -0.497 e. The van der Waals surface area contributed by atoms with E-state index in [0.717, 1.165) is 12.0 Å². The molecular formula is C20H25NO5S. The molecule has 7 heteroatoms. The number of benzene rings is 2. The van der Waals surface area contributed by atoms with Crippen LogP contribution in [-0.2, 0) is 10.0 Å². The molecular weight excluding hydrogens is 366 g/mol. The first-order chi connectivity index (χ1) is 12.9. The average molecular weight is 391 g/mol. The Morgan fingerprint density at radius 2 is 1.67 bits per heavy atom. The summed E-state index contributed by atoms with van der Waals surface area (Å²) < 4.78 is 45.0. The van der Waals surface area contributed by atoms with Gasteiger partial charge >= 0.3 is 0 Å². The second-order valence-electron chi connectivity index (χ2n) is 6.78. The Labute approximate surface area is 160 Å². The van der Waals surface area contributed by atoms with Crippen LogP contribution >= 0.6 is 0 Å². The fourth-order valence-corrected chi connectivity index (χ4v) is 4.33. The van der Waals surface area contributed by atoms with Gasteiger partial charge < -0.3 is 14.2 Å². The number of fused-ring (bicyclic) bond motifs is 1. The lowest BCUT2D eigenvalue weighted by molar-refractivity contribution is 0.297. The summed E-state index contributed by atoms with van der Waals surface area (Å²) in [4.78, 5) is 0.197. The second kappa shape index (κ2) is 8.19. The highest BCUT2D eigenvalue weighted by atomic mass is 32.2. The molecule has 1 aliphatic rings. The SMILES string of the molecule is COc1ccc(S(=O)(=O)NC(c2ccc3c(c2)OCCCO3)C(C)C)cc1. The largest absolute Gasteiger partial charge is 0.497 e. The van der Waals surface area contributed by atoms with Crippen molar-refractivity contribution in [2.45, 2.75) is 31.2 Å². The lowest BCUT2D eigenvalue weighted by atomic mass is 9.97. The summed E-state index contributed by atoms with van der Waals surface area (Å²) in [6.07, 6.45) is 0.821. The number of ether oxygens (including phenoxy) is 3. The third-order valence-electron chi connectivity index (χ3n) is 4.45. The van der Waals surface area contributed by atoms with Crippen molar-refractivity contribution >= 4 is 10.0 Å². The quantitative estimate of drug-likeness (QED) is 0.815. The van der Waals surface area contributed by atoms with Crippen molar-refractivity contribution in [1.82, 2.24) is 4.72 Å². The molecule has 146 valence electrons. The molecule has 2 aromatic rings. The van der Waals surface area contributed by atoms with Crippen LogP contribution in [0.4, 0.5) is 0 Å². The van der Waals surface area contributed by atoms with Crippen LogP contribution in [0.25, 0.3) is 0 Å². The Bertz CT molecular complexity index is 878. The number of rotatable bonds is 6. The molecule has 0 spiro atoms. The summed E-state index contributed by atoms with van der Waals surface area (Å²) in [7, 11) is -2.14. The van der Waals surface area contributed by atoms with Crippen molar-refractivity contribution in [1.29, 1.82) is 0 Å². The van der Waals surface area contributed by atoms with Gasteiger partial charge in [-0.05, 0) is 47.9 Å². The van der Waals surface area contributed by atoms with Crippen LogP contribution in [0.15, 0.2) is 47.4 Å². The zero-order valence-electron chi connectivity index (χ0n) is 15.8. The van der Waals surface area contributed by atoms with E-state index in [4.69, 9.17) is 14.2 Å². The van der Waals surface area contributed by atoms with Crippen LogP contribution in [-0.4, -0.2) is 28.7 Å². The van der Waals surface area contributed by atoms with Crippen LogP contribution in [0.3, 0.4) is 0 Å². The Balaban J connectivity index is 1.88. The molecule has 0 aliphatic carbocycles. The van der Waals surface area contributed by atoms with Crippen LogP contribution in [0, 0.1) is 5.92 Å². The van der Waals surface area contributed by atoms with E-state index >= 15 is 0 Å². The van der Waals surface area contributed by atoms with E-state index in [1.54, 1.807) is 19.2 Å². The van der Waals surface area contributed by atoms with Gasteiger partial charge in [-0.3, -0.25) is 0 Å². The van der Waals surface area contributed by atoms with Crippen LogP contribution in [0.2, 0.25) is 0 Å². The molecule has 0 saturated carbocycles. The van der Waals surface area contributed by atoms with E-state index in [2.05, 4.69) is 4.72 Å². The first kappa shape index (κ1) is 19.5. The van der Waals surface area contributed by atoms with Crippen LogP contribution in [0.1, 0.15) is 31.9 Å². The maximum Gasteiger partial charge on any atom is 0.241 e. The third-order valence-corrected chi connectivity index (χ3v) is 5.91. The summed E-state index contributed by atoms with van der Waals surface area (Å²) in [5.74, 6) is 2.00. The molecule has 0 aromatic heterocycles. The maximum absolute atomic E-state index is 12.9. The van der Waals surface area contributed by atoms with Gasteiger partial charge in [0.15, 0.2) is 11.5 Å². The fourth-order valence-electron chi connectivity index (χ4n) is 2.95. The number of sulfonamides is 1. The van der Waals surface area contributed by atoms with Crippen molar-refractivity contribution in [2.75, 3.05) is 20.3 Å².